The number of aromatic nitrogens is 4. The molecule has 0 saturated carbocycles. The molecule has 0 atom stereocenters. The van der Waals surface area contributed by atoms with Crippen LogP contribution in [0, 0.1) is 6.92 Å². The zero-order valence-corrected chi connectivity index (χ0v) is 17.9. The van der Waals surface area contributed by atoms with E-state index < -0.39 is 17.0 Å². The summed E-state index contributed by atoms with van der Waals surface area (Å²) >= 11 is 2.42. The molecule has 12 heteroatoms. The number of methoxy groups -OCH3 is 1. The molecule has 0 amide bonds. The Kier molecular flexibility index (Phi) is 7.03. The second-order valence-electron chi connectivity index (χ2n) is 6.24. The molecule has 0 saturated heterocycles. The van der Waals surface area contributed by atoms with Gasteiger partial charge in [0, 0.05) is 12.8 Å². The lowest BCUT2D eigenvalue weighted by atomic mass is 10.2. The maximum Gasteiger partial charge on any atom is 0.330 e. The molecule has 0 spiro atoms. The van der Waals surface area contributed by atoms with Gasteiger partial charge in [0.05, 0.1) is 18.9 Å². The van der Waals surface area contributed by atoms with Gasteiger partial charge >= 0.3 is 5.69 Å². The van der Waals surface area contributed by atoms with Gasteiger partial charge in [-0.2, -0.15) is 0 Å². The highest BCUT2D eigenvalue weighted by Crippen LogP contribution is 2.28. The predicted molar refractivity (Wildman–Crippen MR) is 117 cm³/mol. The first-order chi connectivity index (χ1) is 14.4. The lowest BCUT2D eigenvalue weighted by Crippen LogP contribution is -2.37. The number of nitrogens with two attached hydrogens (primary N) is 1. The van der Waals surface area contributed by atoms with E-state index in [4.69, 9.17) is 10.5 Å². The van der Waals surface area contributed by atoms with Crippen molar-refractivity contribution in [2.75, 3.05) is 30.5 Å². The minimum atomic E-state index is -0.809. The predicted octanol–water partition coefficient (Wildman–Crippen LogP) is 1.64. The average molecular weight is 449 g/mol. The summed E-state index contributed by atoms with van der Waals surface area (Å²) in [7, 11) is 1.47. The van der Waals surface area contributed by atoms with Crippen molar-refractivity contribution in [3.8, 4) is 0 Å². The van der Waals surface area contributed by atoms with E-state index in [1.54, 1.807) is 0 Å². The van der Waals surface area contributed by atoms with Crippen LogP contribution in [0.1, 0.15) is 15.9 Å². The van der Waals surface area contributed by atoms with Gasteiger partial charge in [-0.05, 0) is 24.6 Å². The van der Waals surface area contributed by atoms with Gasteiger partial charge in [0.1, 0.15) is 11.4 Å². The van der Waals surface area contributed by atoms with Crippen LogP contribution in [0.5, 0.6) is 0 Å². The van der Waals surface area contributed by atoms with Gasteiger partial charge in [-0.25, -0.2) is 4.79 Å². The Morgan fingerprint density at radius 3 is 2.90 bits per heavy atom. The van der Waals surface area contributed by atoms with Crippen LogP contribution < -0.4 is 22.3 Å². The van der Waals surface area contributed by atoms with Crippen LogP contribution in [0.2, 0.25) is 0 Å². The second kappa shape index (κ2) is 9.69. The van der Waals surface area contributed by atoms with E-state index in [0.29, 0.717) is 9.47 Å². The number of Topliss-reactive ketones (excluding diaryl/α,β-unsaturated/α-hetero) is 1. The van der Waals surface area contributed by atoms with Gasteiger partial charge in [-0.15, -0.1) is 10.2 Å². The summed E-state index contributed by atoms with van der Waals surface area (Å²) in [6.45, 7) is 2.32. The van der Waals surface area contributed by atoms with Crippen LogP contribution in [-0.4, -0.2) is 45.0 Å². The van der Waals surface area contributed by atoms with E-state index in [-0.39, 0.29) is 30.3 Å². The van der Waals surface area contributed by atoms with Crippen LogP contribution in [-0.2, 0) is 11.3 Å². The van der Waals surface area contributed by atoms with Gasteiger partial charge in [0.25, 0.3) is 5.56 Å². The van der Waals surface area contributed by atoms with Crippen molar-refractivity contribution in [1.29, 1.82) is 0 Å². The van der Waals surface area contributed by atoms with Crippen molar-refractivity contribution < 1.29 is 9.53 Å². The third kappa shape index (κ3) is 5.14. The number of nitrogens with one attached hydrogen (secondary N) is 2. The standard InChI is InChI=1S/C18H20N6O4S2/c1-10-4-3-5-11(8-10)20-16-22-23-18(30-16)29-9-12(25)13-14(19)24(6-7-28-2)17(27)21-15(13)26/h3-5,8H,6-7,9,19H2,1-2H3,(H,20,22)(H,21,26,27). The summed E-state index contributed by atoms with van der Waals surface area (Å²) in [5.41, 5.74) is 6.17. The molecule has 0 aliphatic heterocycles. The van der Waals surface area contributed by atoms with Crippen LogP contribution in [0.25, 0.3) is 0 Å². The Bertz CT molecular complexity index is 1170. The van der Waals surface area contributed by atoms with E-state index in [0.717, 1.165) is 27.6 Å². The zero-order valence-electron chi connectivity index (χ0n) is 16.3. The van der Waals surface area contributed by atoms with E-state index in [1.807, 2.05) is 31.2 Å². The van der Waals surface area contributed by atoms with E-state index >= 15 is 0 Å². The van der Waals surface area contributed by atoms with Gasteiger partial charge in [0.15, 0.2) is 10.1 Å². The molecule has 2 aromatic heterocycles. The minimum absolute atomic E-state index is 0.0746. The summed E-state index contributed by atoms with van der Waals surface area (Å²) in [6, 6.07) is 7.81. The number of thioether (sulfide) groups is 1. The number of ketones is 1. The quantitative estimate of drug-likeness (QED) is 0.328. The zero-order chi connectivity index (χ0) is 21.7. The molecule has 0 fully saturated rings. The molecule has 10 nitrogen and oxygen atoms in total. The fourth-order valence-electron chi connectivity index (χ4n) is 2.63. The lowest BCUT2D eigenvalue weighted by molar-refractivity contribution is 0.102. The van der Waals surface area contributed by atoms with Crippen LogP contribution >= 0.6 is 23.1 Å². The minimum Gasteiger partial charge on any atom is -0.384 e. The average Bonchev–Trinajstić information content (AvgIpc) is 3.13. The van der Waals surface area contributed by atoms with Crippen LogP contribution in [0.4, 0.5) is 16.6 Å². The summed E-state index contributed by atoms with van der Waals surface area (Å²) in [6.07, 6.45) is 0. The molecule has 158 valence electrons. The number of hydrogen-bond donors (Lipinski definition) is 3. The third-order valence-corrected chi connectivity index (χ3v) is 6.01. The first-order valence-electron chi connectivity index (χ1n) is 8.83. The molecule has 0 bridgehead atoms. The first kappa shape index (κ1) is 21.7. The molecule has 0 unspecified atom stereocenters. The maximum absolute atomic E-state index is 12.6. The SMILES string of the molecule is COCCn1c(N)c(C(=O)CSc2nnc(Nc3cccc(C)c3)s2)c(=O)[nH]c1=O. The van der Waals surface area contributed by atoms with Crippen molar-refractivity contribution in [1.82, 2.24) is 19.7 Å². The first-order valence-corrected chi connectivity index (χ1v) is 10.6. The number of rotatable bonds is 9. The Morgan fingerprint density at radius 2 is 2.17 bits per heavy atom. The van der Waals surface area contributed by atoms with Gasteiger partial charge in [-0.1, -0.05) is 35.2 Å². The Balaban J connectivity index is 1.70. The van der Waals surface area contributed by atoms with Crippen LogP contribution in [0.15, 0.2) is 38.2 Å². The van der Waals surface area contributed by atoms with Crippen molar-refractivity contribution in [2.45, 2.75) is 17.8 Å². The number of hydrogen-bond acceptors (Lipinski definition) is 10. The number of anilines is 3. The largest absolute Gasteiger partial charge is 0.384 e. The fourth-order valence-corrected chi connectivity index (χ4v) is 4.27. The van der Waals surface area contributed by atoms with Gasteiger partial charge < -0.3 is 15.8 Å². The molecule has 3 aromatic rings. The number of H-pyrrole nitrogens is 1. The topological polar surface area (TPSA) is 145 Å². The van der Waals surface area contributed by atoms with Crippen LogP contribution in [0.3, 0.4) is 0 Å². The molecule has 2 heterocycles. The summed E-state index contributed by atoms with van der Waals surface area (Å²) in [5, 5.41) is 11.8. The van der Waals surface area contributed by atoms with E-state index in [2.05, 4.69) is 20.5 Å². The molecule has 0 aliphatic carbocycles. The number of nitrogens with zero attached hydrogens (tertiary/aromatic N) is 3. The molecule has 4 N–H and O–H groups in total. The number of aromatic amines is 1. The summed E-state index contributed by atoms with van der Waals surface area (Å²) < 4.78 is 6.59. The highest BCUT2D eigenvalue weighted by Gasteiger charge is 2.20. The Labute approximate surface area is 179 Å². The van der Waals surface area contributed by atoms with Crippen molar-refractivity contribution >= 4 is 45.5 Å². The molecule has 0 radical (unpaired) electrons. The highest BCUT2D eigenvalue weighted by atomic mass is 32.2. The molecular formula is C18H20N6O4S2. The second-order valence-corrected chi connectivity index (χ2v) is 8.44. The number of benzene rings is 1. The maximum atomic E-state index is 12.6. The lowest BCUT2D eigenvalue weighted by Gasteiger charge is -2.11. The molecule has 30 heavy (non-hydrogen) atoms. The monoisotopic (exact) mass is 448 g/mol. The van der Waals surface area contributed by atoms with E-state index in [1.165, 1.54) is 18.4 Å². The highest BCUT2D eigenvalue weighted by molar-refractivity contribution is 8.01. The molecular weight excluding hydrogens is 428 g/mol. The molecule has 0 aliphatic rings. The van der Waals surface area contributed by atoms with Gasteiger partial charge in [-0.3, -0.25) is 19.1 Å². The third-order valence-electron chi connectivity index (χ3n) is 4.04. The fraction of sp³-hybridized carbons (Fsp3) is 0.278. The number of carbonyl (C=O) groups is 1. The number of nitrogen functional groups attached to an aromatic ring is 1. The Hall–Kier alpha value is -2.96. The van der Waals surface area contributed by atoms with Crippen molar-refractivity contribution in [3.05, 3.63) is 56.2 Å². The Morgan fingerprint density at radius 1 is 1.37 bits per heavy atom. The van der Waals surface area contributed by atoms with Gasteiger partial charge in [0.2, 0.25) is 5.13 Å². The summed E-state index contributed by atoms with van der Waals surface area (Å²) in [5.74, 6) is -0.756. The van der Waals surface area contributed by atoms with E-state index in [9.17, 15) is 14.4 Å². The summed E-state index contributed by atoms with van der Waals surface area (Å²) in [4.78, 5) is 38.8. The van der Waals surface area contributed by atoms with Crippen molar-refractivity contribution in [2.24, 2.45) is 0 Å². The smallest absolute Gasteiger partial charge is 0.330 e. The van der Waals surface area contributed by atoms with Crippen molar-refractivity contribution in [3.63, 3.8) is 0 Å². The molecule has 1 aromatic carbocycles. The molecule has 3 rings (SSSR count). The number of aryl methyl sites for hydroxylation is 1. The number of ether oxygens (including phenoxy) is 1. The normalized spacial score (nSPS) is 10.9. The number of carbonyl (C=O) groups excluding carboxylic acids is 1.